The Morgan fingerprint density at radius 1 is 1.56 bits per heavy atom. The van der Waals surface area contributed by atoms with Gasteiger partial charge < -0.3 is 9.47 Å². The molecule has 0 atom stereocenters. The minimum atomic E-state index is 0.0671. The molecular weight excluding hydrogens is 270 g/mol. The molecule has 0 aliphatic rings. The van der Waals surface area contributed by atoms with Crippen molar-refractivity contribution in [1.29, 1.82) is 0 Å². The van der Waals surface area contributed by atoms with Gasteiger partial charge in [0.25, 0.3) is 0 Å². The van der Waals surface area contributed by atoms with Crippen LogP contribution in [0.15, 0.2) is 29.0 Å². The first-order valence-electron chi connectivity index (χ1n) is 4.88. The zero-order valence-corrected chi connectivity index (χ0v) is 10.7. The first-order valence-corrected chi connectivity index (χ1v) is 5.68. The van der Waals surface area contributed by atoms with Crippen molar-refractivity contribution < 1.29 is 4.79 Å². The van der Waals surface area contributed by atoms with Crippen LogP contribution in [0.2, 0.25) is 0 Å². The van der Waals surface area contributed by atoms with Crippen LogP contribution in [0.5, 0.6) is 0 Å². The fourth-order valence-electron chi connectivity index (χ4n) is 1.46. The molecule has 0 radical (unpaired) electrons. The van der Waals surface area contributed by atoms with Crippen LogP contribution in [0.3, 0.4) is 0 Å². The molecule has 0 aromatic carbocycles. The molecule has 0 N–H and O–H groups in total. The van der Waals surface area contributed by atoms with Gasteiger partial charge in [-0.3, -0.25) is 9.78 Å². The molecule has 1 amide bonds. The molecule has 0 saturated carbocycles. The average molecular weight is 282 g/mol. The van der Waals surface area contributed by atoms with Crippen LogP contribution in [-0.2, 0) is 11.3 Å². The largest absolute Gasteiger partial charge is 0.347 e. The number of nitrogens with zero attached hydrogens (tertiary/aromatic N) is 3. The third-order valence-electron chi connectivity index (χ3n) is 2.39. The van der Waals surface area contributed by atoms with Crippen LogP contribution in [-0.4, -0.2) is 34.5 Å². The van der Waals surface area contributed by atoms with E-state index in [-0.39, 0.29) is 5.91 Å². The molecule has 5 heteroatoms. The summed E-state index contributed by atoms with van der Waals surface area (Å²) in [4.78, 5) is 17.5. The summed E-state index contributed by atoms with van der Waals surface area (Å²) in [5, 5.41) is 0. The summed E-state index contributed by atoms with van der Waals surface area (Å²) in [6.45, 7) is 0.342. The molecule has 0 aliphatic heterocycles. The van der Waals surface area contributed by atoms with Gasteiger partial charge >= 0.3 is 0 Å². The maximum Gasteiger partial charge on any atom is 0.241 e. The van der Waals surface area contributed by atoms with E-state index in [9.17, 15) is 4.79 Å². The topological polar surface area (TPSA) is 38.1 Å². The molecule has 0 aliphatic carbocycles. The van der Waals surface area contributed by atoms with Gasteiger partial charge in [0.15, 0.2) is 0 Å². The Morgan fingerprint density at radius 2 is 2.31 bits per heavy atom. The molecule has 0 saturated heterocycles. The molecule has 84 valence electrons. The summed E-state index contributed by atoms with van der Waals surface area (Å²) in [5.74, 6) is 0.0671. The predicted molar refractivity (Wildman–Crippen MR) is 66.1 cm³/mol. The average Bonchev–Trinajstić information content (AvgIpc) is 2.61. The maximum absolute atomic E-state index is 11.6. The molecule has 2 aromatic rings. The number of fused-ring (bicyclic) bond motifs is 1. The summed E-state index contributed by atoms with van der Waals surface area (Å²) < 4.78 is 2.81. The lowest BCUT2D eigenvalue weighted by molar-refractivity contribution is -0.129. The highest BCUT2D eigenvalue weighted by Crippen LogP contribution is 2.18. The minimum Gasteiger partial charge on any atom is -0.347 e. The maximum atomic E-state index is 11.6. The Balaban J connectivity index is 2.38. The number of pyridine rings is 1. The SMILES string of the molecule is CN(C)C(=O)Cn1ccc2ncc(Br)cc21. The zero-order valence-electron chi connectivity index (χ0n) is 9.14. The number of carbonyl (C=O) groups is 1. The van der Waals surface area contributed by atoms with Crippen LogP contribution < -0.4 is 0 Å². The van der Waals surface area contributed by atoms with Gasteiger partial charge in [-0.15, -0.1) is 0 Å². The molecule has 0 unspecified atom stereocenters. The smallest absolute Gasteiger partial charge is 0.241 e. The third-order valence-corrected chi connectivity index (χ3v) is 2.82. The van der Waals surface area contributed by atoms with E-state index in [2.05, 4.69) is 20.9 Å². The highest BCUT2D eigenvalue weighted by molar-refractivity contribution is 9.10. The van der Waals surface area contributed by atoms with E-state index < -0.39 is 0 Å². The second-order valence-electron chi connectivity index (χ2n) is 3.79. The Hall–Kier alpha value is -1.36. The summed E-state index contributed by atoms with van der Waals surface area (Å²) in [6, 6.07) is 3.87. The highest BCUT2D eigenvalue weighted by atomic mass is 79.9. The second kappa shape index (κ2) is 4.25. The van der Waals surface area contributed by atoms with E-state index in [1.165, 1.54) is 0 Å². The molecule has 2 heterocycles. The van der Waals surface area contributed by atoms with E-state index in [1.54, 1.807) is 25.2 Å². The van der Waals surface area contributed by atoms with Gasteiger partial charge in [0.1, 0.15) is 6.54 Å². The molecule has 16 heavy (non-hydrogen) atoms. The van der Waals surface area contributed by atoms with Crippen molar-refractivity contribution in [1.82, 2.24) is 14.5 Å². The van der Waals surface area contributed by atoms with Gasteiger partial charge in [0.05, 0.1) is 11.0 Å². The lowest BCUT2D eigenvalue weighted by Crippen LogP contribution is -2.25. The van der Waals surface area contributed by atoms with Crippen LogP contribution in [0.4, 0.5) is 0 Å². The van der Waals surface area contributed by atoms with Crippen LogP contribution >= 0.6 is 15.9 Å². The molecule has 2 aromatic heterocycles. The lowest BCUT2D eigenvalue weighted by Gasteiger charge is -2.11. The summed E-state index contributed by atoms with van der Waals surface area (Å²) in [7, 11) is 3.50. The number of carbonyl (C=O) groups excluding carboxylic acids is 1. The van der Waals surface area contributed by atoms with E-state index in [0.29, 0.717) is 6.54 Å². The number of hydrogen-bond donors (Lipinski definition) is 0. The van der Waals surface area contributed by atoms with Crippen molar-refractivity contribution in [2.24, 2.45) is 0 Å². The van der Waals surface area contributed by atoms with Crippen molar-refractivity contribution in [3.05, 3.63) is 29.0 Å². The fraction of sp³-hybridized carbons (Fsp3) is 0.273. The van der Waals surface area contributed by atoms with Crippen molar-refractivity contribution in [2.75, 3.05) is 14.1 Å². The van der Waals surface area contributed by atoms with E-state index in [0.717, 1.165) is 15.5 Å². The quantitative estimate of drug-likeness (QED) is 0.843. The Labute approximate surface area is 102 Å². The standard InChI is InChI=1S/C11H12BrN3O/c1-14(2)11(16)7-15-4-3-9-10(15)5-8(12)6-13-9/h3-6H,7H2,1-2H3. The molecule has 0 fully saturated rings. The van der Waals surface area contributed by atoms with Gasteiger partial charge in [-0.1, -0.05) is 0 Å². The van der Waals surface area contributed by atoms with Crippen LogP contribution in [0.25, 0.3) is 11.0 Å². The van der Waals surface area contributed by atoms with Gasteiger partial charge in [-0.2, -0.15) is 0 Å². The van der Waals surface area contributed by atoms with Gasteiger partial charge in [0, 0.05) is 31.0 Å². The number of amides is 1. The normalized spacial score (nSPS) is 10.7. The van der Waals surface area contributed by atoms with Gasteiger partial charge in [-0.25, -0.2) is 0 Å². The number of halogens is 1. The monoisotopic (exact) mass is 281 g/mol. The lowest BCUT2D eigenvalue weighted by atomic mass is 10.4. The molecule has 2 rings (SSSR count). The third kappa shape index (κ3) is 2.09. The number of rotatable bonds is 2. The Morgan fingerprint density at radius 3 is 3.00 bits per heavy atom. The molecule has 0 bridgehead atoms. The van der Waals surface area contributed by atoms with E-state index >= 15 is 0 Å². The first kappa shape index (κ1) is 11.1. The summed E-state index contributed by atoms with van der Waals surface area (Å²) >= 11 is 3.38. The number of likely N-dealkylation sites (N-methyl/N-ethyl adjacent to an activating group) is 1. The summed E-state index contributed by atoms with van der Waals surface area (Å²) in [6.07, 6.45) is 3.63. The minimum absolute atomic E-state index is 0.0671. The molecular formula is C11H12BrN3O. The predicted octanol–water partition coefficient (Wildman–Crippen LogP) is 1.89. The fourth-order valence-corrected chi connectivity index (χ4v) is 1.78. The number of aromatic nitrogens is 2. The van der Waals surface area contributed by atoms with Crippen LogP contribution in [0, 0.1) is 0 Å². The van der Waals surface area contributed by atoms with Crippen molar-refractivity contribution in [2.45, 2.75) is 6.54 Å². The zero-order chi connectivity index (χ0) is 11.7. The van der Waals surface area contributed by atoms with E-state index in [4.69, 9.17) is 0 Å². The Bertz CT molecular complexity index is 533. The van der Waals surface area contributed by atoms with Crippen LogP contribution in [0.1, 0.15) is 0 Å². The first-order chi connectivity index (χ1) is 7.58. The van der Waals surface area contributed by atoms with Crippen molar-refractivity contribution in [3.8, 4) is 0 Å². The van der Waals surface area contributed by atoms with Gasteiger partial charge in [-0.05, 0) is 28.1 Å². The Kier molecular flexibility index (Phi) is 2.96. The highest BCUT2D eigenvalue weighted by Gasteiger charge is 2.08. The molecule has 0 spiro atoms. The second-order valence-corrected chi connectivity index (χ2v) is 4.71. The van der Waals surface area contributed by atoms with E-state index in [1.807, 2.05) is 22.9 Å². The number of hydrogen-bond acceptors (Lipinski definition) is 2. The van der Waals surface area contributed by atoms with Gasteiger partial charge in [0.2, 0.25) is 5.91 Å². The van der Waals surface area contributed by atoms with Crippen molar-refractivity contribution >= 4 is 32.9 Å². The molecule has 4 nitrogen and oxygen atoms in total. The van der Waals surface area contributed by atoms with Crippen molar-refractivity contribution in [3.63, 3.8) is 0 Å². The summed E-state index contributed by atoms with van der Waals surface area (Å²) in [5.41, 5.74) is 1.86.